The summed E-state index contributed by atoms with van der Waals surface area (Å²) in [4.78, 5) is 11.2. The fourth-order valence-corrected chi connectivity index (χ4v) is 1.52. The molecule has 2 N–H and O–H groups in total. The molecule has 5 nitrogen and oxygen atoms in total. The van der Waals surface area contributed by atoms with Crippen LogP contribution in [-0.2, 0) is 14.3 Å². The molecule has 0 spiro atoms. The van der Waals surface area contributed by atoms with Crippen LogP contribution in [-0.4, -0.2) is 49.1 Å². The molecule has 0 saturated carbocycles. The lowest BCUT2D eigenvalue weighted by molar-refractivity contribution is -0.148. The molecule has 0 amide bonds. The van der Waals surface area contributed by atoms with Crippen LogP contribution in [0.1, 0.15) is 26.7 Å². The Labute approximate surface area is 96.1 Å². The minimum Gasteiger partial charge on any atom is -0.480 e. The molecule has 0 aliphatic carbocycles. The molecule has 1 aliphatic heterocycles. The van der Waals surface area contributed by atoms with Gasteiger partial charge in [-0.2, -0.15) is 0 Å². The number of carboxylic acids is 1. The van der Waals surface area contributed by atoms with E-state index in [2.05, 4.69) is 5.32 Å². The Morgan fingerprint density at radius 1 is 1.69 bits per heavy atom. The van der Waals surface area contributed by atoms with Gasteiger partial charge in [0, 0.05) is 6.61 Å². The van der Waals surface area contributed by atoms with Crippen LogP contribution >= 0.6 is 0 Å². The molecule has 1 fully saturated rings. The molecule has 0 aromatic rings. The first-order chi connectivity index (χ1) is 7.58. The van der Waals surface area contributed by atoms with E-state index in [1.807, 2.05) is 6.92 Å². The number of carbonyl (C=O) groups is 1. The zero-order valence-electron chi connectivity index (χ0n) is 9.99. The quantitative estimate of drug-likeness (QED) is 0.673. The van der Waals surface area contributed by atoms with Crippen molar-refractivity contribution in [1.29, 1.82) is 0 Å². The largest absolute Gasteiger partial charge is 0.480 e. The van der Waals surface area contributed by atoms with Gasteiger partial charge in [-0.05, 0) is 26.3 Å². The molecular formula is C11H21NO4. The van der Waals surface area contributed by atoms with Gasteiger partial charge < -0.3 is 19.9 Å². The van der Waals surface area contributed by atoms with E-state index in [1.165, 1.54) is 0 Å². The highest BCUT2D eigenvalue weighted by Gasteiger charge is 2.34. The maximum absolute atomic E-state index is 11.2. The third-order valence-electron chi connectivity index (χ3n) is 2.73. The zero-order chi connectivity index (χ0) is 12.0. The maximum Gasteiger partial charge on any atom is 0.326 e. The Hall–Kier alpha value is -0.650. The van der Waals surface area contributed by atoms with Crippen LogP contribution in [0.5, 0.6) is 0 Å². The van der Waals surface area contributed by atoms with E-state index < -0.39 is 11.5 Å². The summed E-state index contributed by atoms with van der Waals surface area (Å²) >= 11 is 0. The van der Waals surface area contributed by atoms with Crippen molar-refractivity contribution in [3.05, 3.63) is 0 Å². The average Bonchev–Trinajstić information content (AvgIpc) is 2.76. The summed E-state index contributed by atoms with van der Waals surface area (Å²) in [5.74, 6) is -0.875. The number of hydrogen-bond acceptors (Lipinski definition) is 4. The molecule has 0 aromatic heterocycles. The first kappa shape index (κ1) is 13.4. The SMILES string of the molecule is CCCNC(C)(COC1CCOC1)C(=O)O. The van der Waals surface area contributed by atoms with Crippen molar-refractivity contribution in [2.45, 2.75) is 38.3 Å². The zero-order valence-corrected chi connectivity index (χ0v) is 9.99. The second-order valence-corrected chi connectivity index (χ2v) is 4.36. The number of rotatable bonds is 7. The number of carboxylic acid groups (broad SMARTS) is 1. The highest BCUT2D eigenvalue weighted by atomic mass is 16.5. The highest BCUT2D eigenvalue weighted by Crippen LogP contribution is 2.12. The second kappa shape index (κ2) is 6.18. The molecule has 2 atom stereocenters. The van der Waals surface area contributed by atoms with Crippen LogP contribution < -0.4 is 5.32 Å². The summed E-state index contributed by atoms with van der Waals surface area (Å²) in [6.07, 6.45) is 1.79. The van der Waals surface area contributed by atoms with Crippen LogP contribution in [0.15, 0.2) is 0 Å². The van der Waals surface area contributed by atoms with Crippen molar-refractivity contribution in [3.8, 4) is 0 Å². The molecule has 0 aromatic carbocycles. The van der Waals surface area contributed by atoms with E-state index in [9.17, 15) is 4.79 Å². The van der Waals surface area contributed by atoms with E-state index in [0.29, 0.717) is 19.8 Å². The van der Waals surface area contributed by atoms with Gasteiger partial charge in [-0.3, -0.25) is 4.79 Å². The van der Waals surface area contributed by atoms with Crippen LogP contribution in [0.2, 0.25) is 0 Å². The van der Waals surface area contributed by atoms with Crippen molar-refractivity contribution >= 4 is 5.97 Å². The monoisotopic (exact) mass is 231 g/mol. The Morgan fingerprint density at radius 3 is 2.94 bits per heavy atom. The van der Waals surface area contributed by atoms with Crippen LogP contribution in [0.4, 0.5) is 0 Å². The first-order valence-corrected chi connectivity index (χ1v) is 5.76. The van der Waals surface area contributed by atoms with Crippen molar-refractivity contribution in [2.24, 2.45) is 0 Å². The Balaban J connectivity index is 2.39. The van der Waals surface area contributed by atoms with Crippen molar-refractivity contribution < 1.29 is 19.4 Å². The molecule has 1 rings (SSSR count). The summed E-state index contributed by atoms with van der Waals surface area (Å²) < 4.78 is 10.7. The fraction of sp³-hybridized carbons (Fsp3) is 0.909. The van der Waals surface area contributed by atoms with Crippen LogP contribution in [0.25, 0.3) is 0 Å². The maximum atomic E-state index is 11.2. The van der Waals surface area contributed by atoms with Crippen molar-refractivity contribution in [2.75, 3.05) is 26.4 Å². The molecule has 1 heterocycles. The molecule has 94 valence electrons. The number of hydrogen-bond donors (Lipinski definition) is 2. The predicted molar refractivity (Wildman–Crippen MR) is 59.5 cm³/mol. The van der Waals surface area contributed by atoms with Crippen molar-refractivity contribution in [1.82, 2.24) is 5.32 Å². The smallest absolute Gasteiger partial charge is 0.326 e. The standard InChI is InChI=1S/C11H21NO4/c1-3-5-12-11(2,10(13)14)8-16-9-4-6-15-7-9/h9,12H,3-8H2,1-2H3,(H,13,14). The minimum atomic E-state index is -1.00. The van der Waals surface area contributed by atoms with E-state index >= 15 is 0 Å². The molecule has 16 heavy (non-hydrogen) atoms. The minimum absolute atomic E-state index is 0.0436. The Bertz CT molecular complexity index is 228. The summed E-state index contributed by atoms with van der Waals surface area (Å²) in [5.41, 5.74) is -1.00. The predicted octanol–water partition coefficient (Wildman–Crippen LogP) is 0.635. The third-order valence-corrected chi connectivity index (χ3v) is 2.73. The second-order valence-electron chi connectivity index (χ2n) is 4.36. The van der Waals surface area contributed by atoms with Gasteiger partial charge in [-0.15, -0.1) is 0 Å². The van der Waals surface area contributed by atoms with Gasteiger partial charge in [0.25, 0.3) is 0 Å². The van der Waals surface area contributed by atoms with E-state index in [-0.39, 0.29) is 12.7 Å². The van der Waals surface area contributed by atoms with Gasteiger partial charge in [-0.1, -0.05) is 6.92 Å². The van der Waals surface area contributed by atoms with Gasteiger partial charge in [-0.25, -0.2) is 0 Å². The Morgan fingerprint density at radius 2 is 2.44 bits per heavy atom. The van der Waals surface area contributed by atoms with Gasteiger partial charge in [0.1, 0.15) is 5.54 Å². The van der Waals surface area contributed by atoms with E-state index in [4.69, 9.17) is 14.6 Å². The van der Waals surface area contributed by atoms with E-state index in [0.717, 1.165) is 12.8 Å². The van der Waals surface area contributed by atoms with Gasteiger partial charge in [0.05, 0.1) is 19.3 Å². The van der Waals surface area contributed by atoms with Crippen LogP contribution in [0, 0.1) is 0 Å². The van der Waals surface area contributed by atoms with Gasteiger partial charge in [0.15, 0.2) is 0 Å². The molecule has 0 bridgehead atoms. The number of nitrogens with one attached hydrogen (secondary N) is 1. The molecule has 0 radical (unpaired) electrons. The topological polar surface area (TPSA) is 67.8 Å². The normalized spacial score (nSPS) is 24.2. The summed E-state index contributed by atoms with van der Waals surface area (Å²) in [6, 6.07) is 0. The molecular weight excluding hydrogens is 210 g/mol. The Kier molecular flexibility index (Phi) is 5.18. The lowest BCUT2D eigenvalue weighted by atomic mass is 10.0. The summed E-state index contributed by atoms with van der Waals surface area (Å²) in [6.45, 7) is 5.78. The molecule has 1 aliphatic rings. The van der Waals surface area contributed by atoms with E-state index in [1.54, 1.807) is 6.92 Å². The number of aliphatic carboxylic acids is 1. The molecule has 1 saturated heterocycles. The van der Waals surface area contributed by atoms with Gasteiger partial charge >= 0.3 is 5.97 Å². The molecule has 2 unspecified atom stereocenters. The third kappa shape index (κ3) is 3.73. The first-order valence-electron chi connectivity index (χ1n) is 5.76. The van der Waals surface area contributed by atoms with Crippen molar-refractivity contribution in [3.63, 3.8) is 0 Å². The summed E-state index contributed by atoms with van der Waals surface area (Å²) in [5, 5.41) is 12.2. The highest BCUT2D eigenvalue weighted by molar-refractivity contribution is 5.78. The average molecular weight is 231 g/mol. The molecule has 5 heteroatoms. The lowest BCUT2D eigenvalue weighted by Crippen LogP contribution is -2.54. The van der Waals surface area contributed by atoms with Crippen LogP contribution in [0.3, 0.4) is 0 Å². The lowest BCUT2D eigenvalue weighted by Gasteiger charge is -2.27. The van der Waals surface area contributed by atoms with Gasteiger partial charge in [0.2, 0.25) is 0 Å². The number of ether oxygens (including phenoxy) is 2. The fourth-order valence-electron chi connectivity index (χ4n) is 1.52. The summed E-state index contributed by atoms with van der Waals surface area (Å²) in [7, 11) is 0.